The van der Waals surface area contributed by atoms with Gasteiger partial charge in [0.05, 0.1) is 0 Å². The highest BCUT2D eigenvalue weighted by molar-refractivity contribution is 6.06. The Hall–Kier alpha value is -3.23. The van der Waals surface area contributed by atoms with E-state index < -0.39 is 11.6 Å². The molecule has 1 aromatic heterocycles. The fourth-order valence-electron chi connectivity index (χ4n) is 3.89. The summed E-state index contributed by atoms with van der Waals surface area (Å²) in [5.74, 6) is 1.23. The van der Waals surface area contributed by atoms with Crippen molar-refractivity contribution in [1.29, 1.82) is 0 Å². The molecular formula is C21H26N6O3. The fraction of sp³-hybridized carbons (Fsp3) is 0.476. The summed E-state index contributed by atoms with van der Waals surface area (Å²) in [6, 6.07) is 7.03. The number of aryl methyl sites for hydroxylation is 1. The molecule has 0 radical (unpaired) electrons. The topological polar surface area (TPSA) is 109 Å². The predicted octanol–water partition coefficient (Wildman–Crippen LogP) is 2.33. The molecular weight excluding hydrogens is 384 g/mol. The van der Waals surface area contributed by atoms with E-state index in [1.807, 2.05) is 18.2 Å². The van der Waals surface area contributed by atoms with Gasteiger partial charge in [0.1, 0.15) is 11.4 Å². The van der Waals surface area contributed by atoms with E-state index in [0.717, 1.165) is 47.9 Å². The molecule has 4 rings (SSSR count). The van der Waals surface area contributed by atoms with Gasteiger partial charge in [0, 0.05) is 37.2 Å². The SMILES string of the molecule is CC1(C)NC(=O)N(CCC(=O)Nc2cccc(-c3nnc4n3CCCCC4)c2)C1=O. The van der Waals surface area contributed by atoms with Crippen molar-refractivity contribution in [2.75, 3.05) is 11.9 Å². The first-order valence-corrected chi connectivity index (χ1v) is 10.3. The second kappa shape index (κ2) is 7.89. The number of benzene rings is 1. The minimum atomic E-state index is -0.932. The average Bonchev–Trinajstić information content (AvgIpc) is 3.07. The van der Waals surface area contributed by atoms with E-state index in [0.29, 0.717) is 5.69 Å². The zero-order valence-electron chi connectivity index (χ0n) is 17.3. The smallest absolute Gasteiger partial charge is 0.325 e. The third kappa shape index (κ3) is 3.92. The Morgan fingerprint density at radius 3 is 2.80 bits per heavy atom. The van der Waals surface area contributed by atoms with Crippen LogP contribution in [0.5, 0.6) is 0 Å². The van der Waals surface area contributed by atoms with Crippen molar-refractivity contribution in [1.82, 2.24) is 25.0 Å². The van der Waals surface area contributed by atoms with Crippen LogP contribution in [0.3, 0.4) is 0 Å². The summed E-state index contributed by atoms with van der Waals surface area (Å²) in [5.41, 5.74) is 0.600. The molecule has 30 heavy (non-hydrogen) atoms. The van der Waals surface area contributed by atoms with E-state index in [1.54, 1.807) is 19.9 Å². The molecule has 2 aromatic rings. The summed E-state index contributed by atoms with van der Waals surface area (Å²) in [4.78, 5) is 37.6. The van der Waals surface area contributed by atoms with Crippen LogP contribution in [0, 0.1) is 0 Å². The van der Waals surface area contributed by atoms with Crippen molar-refractivity contribution < 1.29 is 14.4 Å². The Morgan fingerprint density at radius 1 is 1.20 bits per heavy atom. The minimum absolute atomic E-state index is 0.0276. The molecule has 2 aliphatic rings. The van der Waals surface area contributed by atoms with Crippen molar-refractivity contribution in [2.45, 2.75) is 58.0 Å². The standard InChI is InChI=1S/C21H26N6O3/c1-21(2)19(29)27(20(30)23-21)12-10-17(28)22-15-8-6-7-14(13-15)18-25-24-16-9-4-3-5-11-26(16)18/h6-8,13H,3-5,9-12H2,1-2H3,(H,22,28)(H,23,30). The maximum Gasteiger partial charge on any atom is 0.325 e. The maximum atomic E-state index is 12.4. The van der Waals surface area contributed by atoms with E-state index in [1.165, 1.54) is 6.42 Å². The third-order valence-electron chi connectivity index (χ3n) is 5.52. The van der Waals surface area contributed by atoms with Gasteiger partial charge in [-0.3, -0.25) is 14.5 Å². The second-order valence-electron chi connectivity index (χ2n) is 8.29. The number of hydrogen-bond donors (Lipinski definition) is 2. The molecule has 2 aliphatic heterocycles. The predicted molar refractivity (Wildman–Crippen MR) is 111 cm³/mol. The van der Waals surface area contributed by atoms with Gasteiger partial charge in [-0.15, -0.1) is 10.2 Å². The Balaban J connectivity index is 1.42. The van der Waals surface area contributed by atoms with Gasteiger partial charge < -0.3 is 15.2 Å². The number of nitrogens with one attached hydrogen (secondary N) is 2. The molecule has 2 N–H and O–H groups in total. The van der Waals surface area contributed by atoms with Gasteiger partial charge in [-0.1, -0.05) is 18.6 Å². The number of carbonyl (C=O) groups excluding carboxylic acids is 3. The first kappa shape index (κ1) is 20.1. The van der Waals surface area contributed by atoms with E-state index >= 15 is 0 Å². The van der Waals surface area contributed by atoms with E-state index in [-0.39, 0.29) is 24.8 Å². The molecule has 0 saturated carbocycles. The molecule has 0 unspecified atom stereocenters. The van der Waals surface area contributed by atoms with Gasteiger partial charge in [0.2, 0.25) is 5.91 Å². The van der Waals surface area contributed by atoms with Crippen LogP contribution < -0.4 is 10.6 Å². The van der Waals surface area contributed by atoms with Gasteiger partial charge in [0.15, 0.2) is 5.82 Å². The van der Waals surface area contributed by atoms with Gasteiger partial charge in [-0.25, -0.2) is 4.79 Å². The monoisotopic (exact) mass is 410 g/mol. The third-order valence-corrected chi connectivity index (χ3v) is 5.52. The van der Waals surface area contributed by atoms with Crippen LogP contribution in [0.1, 0.15) is 45.4 Å². The number of carbonyl (C=O) groups is 3. The normalized spacial score (nSPS) is 18.0. The first-order chi connectivity index (χ1) is 14.3. The number of aromatic nitrogens is 3. The summed E-state index contributed by atoms with van der Waals surface area (Å²) in [5, 5.41) is 14.1. The number of nitrogens with zero attached hydrogens (tertiary/aromatic N) is 4. The Bertz CT molecular complexity index is 996. The fourth-order valence-corrected chi connectivity index (χ4v) is 3.89. The second-order valence-corrected chi connectivity index (χ2v) is 8.29. The molecule has 1 fully saturated rings. The van der Waals surface area contributed by atoms with Crippen LogP contribution in [0.15, 0.2) is 24.3 Å². The molecule has 1 saturated heterocycles. The number of rotatable bonds is 5. The Kier molecular flexibility index (Phi) is 5.27. The number of imide groups is 1. The van der Waals surface area contributed by atoms with Crippen molar-refractivity contribution in [3.8, 4) is 11.4 Å². The van der Waals surface area contributed by atoms with Crippen LogP contribution in [-0.4, -0.2) is 49.6 Å². The van der Waals surface area contributed by atoms with Gasteiger partial charge >= 0.3 is 6.03 Å². The molecule has 3 heterocycles. The van der Waals surface area contributed by atoms with Crippen LogP contribution in [0.25, 0.3) is 11.4 Å². The summed E-state index contributed by atoms with van der Waals surface area (Å²) in [7, 11) is 0. The lowest BCUT2D eigenvalue weighted by atomic mass is 10.1. The summed E-state index contributed by atoms with van der Waals surface area (Å²) in [6.07, 6.45) is 4.38. The highest BCUT2D eigenvalue weighted by atomic mass is 16.2. The molecule has 158 valence electrons. The summed E-state index contributed by atoms with van der Waals surface area (Å²) < 4.78 is 2.16. The summed E-state index contributed by atoms with van der Waals surface area (Å²) in [6.45, 7) is 4.22. The Morgan fingerprint density at radius 2 is 2.03 bits per heavy atom. The van der Waals surface area contributed by atoms with Gasteiger partial charge in [-0.2, -0.15) is 0 Å². The Labute approximate surface area is 174 Å². The lowest BCUT2D eigenvalue weighted by molar-refractivity contribution is -0.130. The minimum Gasteiger partial charge on any atom is -0.326 e. The van der Waals surface area contributed by atoms with Crippen LogP contribution in [0.4, 0.5) is 10.5 Å². The lowest BCUT2D eigenvalue weighted by Gasteiger charge is -2.15. The number of fused-ring (bicyclic) bond motifs is 1. The van der Waals surface area contributed by atoms with E-state index in [2.05, 4.69) is 25.4 Å². The van der Waals surface area contributed by atoms with Crippen molar-refractivity contribution in [3.63, 3.8) is 0 Å². The van der Waals surface area contributed by atoms with E-state index in [9.17, 15) is 14.4 Å². The summed E-state index contributed by atoms with van der Waals surface area (Å²) >= 11 is 0. The van der Waals surface area contributed by atoms with Crippen LogP contribution >= 0.6 is 0 Å². The molecule has 0 aliphatic carbocycles. The number of anilines is 1. The van der Waals surface area contributed by atoms with Crippen molar-refractivity contribution >= 4 is 23.5 Å². The highest BCUT2D eigenvalue weighted by Gasteiger charge is 2.43. The van der Waals surface area contributed by atoms with Crippen LogP contribution in [-0.2, 0) is 22.6 Å². The largest absolute Gasteiger partial charge is 0.326 e. The highest BCUT2D eigenvalue weighted by Crippen LogP contribution is 2.25. The average molecular weight is 410 g/mol. The van der Waals surface area contributed by atoms with Crippen molar-refractivity contribution in [3.05, 3.63) is 30.1 Å². The molecule has 1 aromatic carbocycles. The number of urea groups is 1. The number of hydrogen-bond acceptors (Lipinski definition) is 5. The quantitative estimate of drug-likeness (QED) is 0.736. The maximum absolute atomic E-state index is 12.4. The van der Waals surface area contributed by atoms with Gasteiger partial charge in [0.25, 0.3) is 5.91 Å². The van der Waals surface area contributed by atoms with Gasteiger partial charge in [-0.05, 0) is 38.8 Å². The molecule has 9 heteroatoms. The molecule has 0 bridgehead atoms. The van der Waals surface area contributed by atoms with Crippen LogP contribution in [0.2, 0.25) is 0 Å². The zero-order valence-corrected chi connectivity index (χ0v) is 17.3. The van der Waals surface area contributed by atoms with Crippen molar-refractivity contribution in [2.24, 2.45) is 0 Å². The molecule has 0 atom stereocenters. The molecule has 9 nitrogen and oxygen atoms in total. The van der Waals surface area contributed by atoms with E-state index in [4.69, 9.17) is 0 Å². The molecule has 0 spiro atoms. The zero-order chi connectivity index (χ0) is 21.3. The number of amides is 4. The molecule has 4 amide bonds. The first-order valence-electron chi connectivity index (χ1n) is 10.3. The lowest BCUT2D eigenvalue weighted by Crippen LogP contribution is -2.40.